The molecule has 2 N–H and O–H groups in total. The van der Waals surface area contributed by atoms with E-state index in [4.69, 9.17) is 5.73 Å². The minimum absolute atomic E-state index is 0.0424. The molecule has 0 aliphatic heterocycles. The van der Waals surface area contributed by atoms with Gasteiger partial charge in [-0.2, -0.15) is 0 Å². The first-order valence-electron chi connectivity index (χ1n) is 8.05. The molecular formula is C19H24N2O. The molecule has 0 amide bonds. The molecule has 3 heteroatoms. The zero-order valence-corrected chi connectivity index (χ0v) is 13.6. The van der Waals surface area contributed by atoms with Crippen molar-refractivity contribution in [1.29, 1.82) is 0 Å². The van der Waals surface area contributed by atoms with Crippen LogP contribution >= 0.6 is 0 Å². The summed E-state index contributed by atoms with van der Waals surface area (Å²) in [5.41, 5.74) is 12.4. The SMILES string of the molecule is Cc1cc(C)cc(-n2c3c(cc(CN)c2=O)CC(C)CC3)c1. The lowest BCUT2D eigenvalue weighted by molar-refractivity contribution is 0.485. The molecule has 1 atom stereocenters. The van der Waals surface area contributed by atoms with Gasteiger partial charge in [-0.3, -0.25) is 9.36 Å². The number of hydrogen-bond acceptors (Lipinski definition) is 2. The molecule has 0 bridgehead atoms. The highest BCUT2D eigenvalue weighted by atomic mass is 16.1. The Kier molecular flexibility index (Phi) is 3.92. The number of hydrogen-bond donors (Lipinski definition) is 1. The van der Waals surface area contributed by atoms with E-state index >= 15 is 0 Å². The van der Waals surface area contributed by atoms with E-state index in [9.17, 15) is 4.79 Å². The molecule has 1 aromatic heterocycles. The van der Waals surface area contributed by atoms with Gasteiger partial charge >= 0.3 is 0 Å². The second-order valence-electron chi connectivity index (χ2n) is 6.68. The zero-order chi connectivity index (χ0) is 15.9. The van der Waals surface area contributed by atoms with Gasteiger partial charge in [-0.15, -0.1) is 0 Å². The lowest BCUT2D eigenvalue weighted by Crippen LogP contribution is -2.30. The van der Waals surface area contributed by atoms with Gasteiger partial charge in [-0.1, -0.05) is 13.0 Å². The molecule has 0 fully saturated rings. The largest absolute Gasteiger partial charge is 0.326 e. The Morgan fingerprint density at radius 3 is 2.50 bits per heavy atom. The van der Waals surface area contributed by atoms with Crippen molar-refractivity contribution in [3.05, 3.63) is 62.6 Å². The number of pyridine rings is 1. The summed E-state index contributed by atoms with van der Waals surface area (Å²) in [5.74, 6) is 0.670. The summed E-state index contributed by atoms with van der Waals surface area (Å²) in [6.45, 7) is 6.72. The molecule has 3 nitrogen and oxygen atoms in total. The van der Waals surface area contributed by atoms with Crippen molar-refractivity contribution < 1.29 is 0 Å². The Labute approximate surface area is 131 Å². The number of rotatable bonds is 2. The molecule has 1 aliphatic rings. The molecule has 116 valence electrons. The monoisotopic (exact) mass is 296 g/mol. The lowest BCUT2D eigenvalue weighted by Gasteiger charge is -2.26. The Morgan fingerprint density at radius 2 is 1.86 bits per heavy atom. The highest BCUT2D eigenvalue weighted by Gasteiger charge is 2.21. The lowest BCUT2D eigenvalue weighted by atomic mass is 9.86. The third kappa shape index (κ3) is 2.61. The van der Waals surface area contributed by atoms with Crippen molar-refractivity contribution in [1.82, 2.24) is 4.57 Å². The maximum Gasteiger partial charge on any atom is 0.259 e. The number of nitrogens with zero attached hydrogens (tertiary/aromatic N) is 1. The van der Waals surface area contributed by atoms with Gasteiger partial charge in [0.05, 0.1) is 0 Å². The predicted molar refractivity (Wildman–Crippen MR) is 90.6 cm³/mol. The summed E-state index contributed by atoms with van der Waals surface area (Å²) >= 11 is 0. The Morgan fingerprint density at radius 1 is 1.18 bits per heavy atom. The van der Waals surface area contributed by atoms with Crippen molar-refractivity contribution >= 4 is 0 Å². The van der Waals surface area contributed by atoms with Crippen molar-refractivity contribution in [3.63, 3.8) is 0 Å². The molecule has 0 saturated heterocycles. The summed E-state index contributed by atoms with van der Waals surface area (Å²) in [6, 6.07) is 8.35. The van der Waals surface area contributed by atoms with Crippen molar-refractivity contribution in [2.45, 2.75) is 46.6 Å². The average molecular weight is 296 g/mol. The Hall–Kier alpha value is -1.87. The average Bonchev–Trinajstić information content (AvgIpc) is 2.45. The van der Waals surface area contributed by atoms with E-state index in [2.05, 4.69) is 39.0 Å². The second kappa shape index (κ2) is 5.73. The van der Waals surface area contributed by atoms with E-state index in [1.54, 1.807) is 0 Å². The van der Waals surface area contributed by atoms with Gasteiger partial charge in [0.1, 0.15) is 0 Å². The fourth-order valence-electron chi connectivity index (χ4n) is 3.57. The molecule has 1 aromatic carbocycles. The standard InChI is InChI=1S/C19H24N2O/c1-12-4-5-18-15(7-12)10-16(11-20)19(22)21(18)17-8-13(2)6-14(3)9-17/h6,8-10,12H,4-5,7,11,20H2,1-3H3. The fraction of sp³-hybridized carbons (Fsp3) is 0.421. The number of nitrogens with two attached hydrogens (primary N) is 1. The van der Waals surface area contributed by atoms with Crippen LogP contribution in [0.15, 0.2) is 29.1 Å². The summed E-state index contributed by atoms with van der Waals surface area (Å²) in [4.78, 5) is 12.9. The summed E-state index contributed by atoms with van der Waals surface area (Å²) in [6.07, 6.45) is 3.14. The summed E-state index contributed by atoms with van der Waals surface area (Å²) in [7, 11) is 0. The molecule has 1 aliphatic carbocycles. The van der Waals surface area contributed by atoms with E-state index in [0.29, 0.717) is 18.0 Å². The van der Waals surface area contributed by atoms with E-state index < -0.39 is 0 Å². The molecule has 1 unspecified atom stereocenters. The van der Waals surface area contributed by atoms with Gasteiger partial charge in [-0.25, -0.2) is 0 Å². The van der Waals surface area contributed by atoms with Crippen molar-refractivity contribution in [2.75, 3.05) is 0 Å². The quantitative estimate of drug-likeness (QED) is 0.926. The molecule has 22 heavy (non-hydrogen) atoms. The predicted octanol–water partition coefficient (Wildman–Crippen LogP) is 3.04. The van der Waals surface area contributed by atoms with Gasteiger partial charge in [0.2, 0.25) is 0 Å². The van der Waals surface area contributed by atoms with Gasteiger partial charge < -0.3 is 5.73 Å². The minimum Gasteiger partial charge on any atom is -0.326 e. The van der Waals surface area contributed by atoms with Gasteiger partial charge in [-0.05, 0) is 73.9 Å². The number of aromatic nitrogens is 1. The van der Waals surface area contributed by atoms with Crippen LogP contribution in [-0.4, -0.2) is 4.57 Å². The Balaban J connectivity index is 2.30. The van der Waals surface area contributed by atoms with E-state index in [0.717, 1.165) is 24.9 Å². The van der Waals surface area contributed by atoms with Crippen LogP contribution in [0.25, 0.3) is 5.69 Å². The number of benzene rings is 1. The first-order chi connectivity index (χ1) is 10.5. The van der Waals surface area contributed by atoms with E-state index in [1.807, 2.05) is 10.6 Å². The van der Waals surface area contributed by atoms with Crippen LogP contribution in [0.2, 0.25) is 0 Å². The maximum absolute atomic E-state index is 12.9. The highest BCUT2D eigenvalue weighted by molar-refractivity contribution is 5.44. The van der Waals surface area contributed by atoms with Crippen molar-refractivity contribution in [3.8, 4) is 5.69 Å². The first-order valence-corrected chi connectivity index (χ1v) is 8.05. The van der Waals surface area contributed by atoms with Crippen LogP contribution in [-0.2, 0) is 19.4 Å². The van der Waals surface area contributed by atoms with Crippen LogP contribution in [0.1, 0.15) is 41.3 Å². The summed E-state index contributed by atoms with van der Waals surface area (Å²) < 4.78 is 1.91. The maximum atomic E-state index is 12.9. The third-order valence-electron chi connectivity index (χ3n) is 4.59. The molecule has 0 saturated carbocycles. The molecule has 3 rings (SSSR count). The topological polar surface area (TPSA) is 48.0 Å². The molecular weight excluding hydrogens is 272 g/mol. The fourth-order valence-corrected chi connectivity index (χ4v) is 3.57. The van der Waals surface area contributed by atoms with Crippen LogP contribution < -0.4 is 11.3 Å². The molecule has 1 heterocycles. The van der Waals surface area contributed by atoms with Crippen LogP contribution in [0.3, 0.4) is 0 Å². The van der Waals surface area contributed by atoms with Gasteiger partial charge in [0.15, 0.2) is 0 Å². The second-order valence-corrected chi connectivity index (χ2v) is 6.68. The van der Waals surface area contributed by atoms with Gasteiger partial charge in [0.25, 0.3) is 5.56 Å². The first kappa shape index (κ1) is 15.0. The third-order valence-corrected chi connectivity index (χ3v) is 4.59. The number of fused-ring (bicyclic) bond motifs is 1. The normalized spacial score (nSPS) is 17.4. The number of aryl methyl sites for hydroxylation is 2. The minimum atomic E-state index is 0.0424. The summed E-state index contributed by atoms with van der Waals surface area (Å²) in [5, 5.41) is 0. The van der Waals surface area contributed by atoms with E-state index in [-0.39, 0.29) is 5.56 Å². The molecule has 0 radical (unpaired) electrons. The molecule has 0 spiro atoms. The Bertz CT molecular complexity index is 753. The van der Waals surface area contributed by atoms with E-state index in [1.165, 1.54) is 22.4 Å². The van der Waals surface area contributed by atoms with Crippen molar-refractivity contribution in [2.24, 2.45) is 11.7 Å². The van der Waals surface area contributed by atoms with Crippen LogP contribution in [0, 0.1) is 19.8 Å². The van der Waals surface area contributed by atoms with Crippen LogP contribution in [0.5, 0.6) is 0 Å². The zero-order valence-electron chi connectivity index (χ0n) is 13.6. The smallest absolute Gasteiger partial charge is 0.259 e. The highest BCUT2D eigenvalue weighted by Crippen LogP contribution is 2.27. The van der Waals surface area contributed by atoms with Gasteiger partial charge in [0, 0.05) is 23.5 Å². The van der Waals surface area contributed by atoms with Crippen LogP contribution in [0.4, 0.5) is 0 Å². The molecule has 2 aromatic rings.